The van der Waals surface area contributed by atoms with Gasteiger partial charge in [-0.2, -0.15) is 0 Å². The number of aromatic nitrogens is 2. The Morgan fingerprint density at radius 2 is 1.27 bits per heavy atom. The first-order chi connectivity index (χ1) is 14.9. The highest BCUT2D eigenvalue weighted by atomic mass is 14.7. The summed E-state index contributed by atoms with van der Waals surface area (Å²) < 4.78 is 0. The number of hydrogen-bond donors (Lipinski definition) is 0. The molecule has 148 valence electrons. The zero-order chi connectivity index (χ0) is 20.2. The molecule has 30 heavy (non-hydrogen) atoms. The van der Waals surface area contributed by atoms with Gasteiger partial charge in [0.2, 0.25) is 0 Å². The molecule has 5 rings (SSSR count). The van der Waals surface area contributed by atoms with Crippen molar-refractivity contribution in [3.63, 3.8) is 0 Å². The lowest BCUT2D eigenvalue weighted by Crippen LogP contribution is -2.30. The van der Waals surface area contributed by atoms with E-state index in [2.05, 4.69) is 70.6 Å². The van der Waals surface area contributed by atoms with E-state index in [-0.39, 0.29) is 5.41 Å². The van der Waals surface area contributed by atoms with Crippen molar-refractivity contribution >= 4 is 0 Å². The van der Waals surface area contributed by atoms with E-state index in [0.29, 0.717) is 0 Å². The largest absolute Gasteiger partial charge is 0.264 e. The molecule has 2 heterocycles. The van der Waals surface area contributed by atoms with Crippen molar-refractivity contribution in [1.82, 2.24) is 9.97 Å². The lowest BCUT2D eigenvalue weighted by atomic mass is 9.65. The van der Waals surface area contributed by atoms with E-state index < -0.39 is 0 Å². The fraction of sp³-hybridized carbons (Fsp3) is 0.214. The van der Waals surface area contributed by atoms with E-state index in [4.69, 9.17) is 0 Å². The SMILES string of the molecule is c1ccc(-c2ccc(C3(c4ccc(-c5cccnc5)cc4)CCCCC3)cc2)nc1. The minimum Gasteiger partial charge on any atom is -0.264 e. The first-order valence-electron chi connectivity index (χ1n) is 10.9. The molecule has 2 heteroatoms. The standard InChI is InChI=1S/C28H26N2/c1-3-17-28(18-4-1,25-13-9-22(10-14-25)24-7-6-19-29-21-24)26-15-11-23(12-16-26)27-8-2-5-20-30-27/h2,5-16,19-21H,1,3-4,17-18H2. The molecule has 0 amide bonds. The quantitative estimate of drug-likeness (QED) is 0.373. The highest BCUT2D eigenvalue weighted by molar-refractivity contribution is 5.64. The first kappa shape index (κ1) is 18.7. The Morgan fingerprint density at radius 1 is 0.567 bits per heavy atom. The summed E-state index contributed by atoms with van der Waals surface area (Å²) in [5.74, 6) is 0. The molecule has 1 saturated carbocycles. The van der Waals surface area contributed by atoms with Crippen LogP contribution in [-0.4, -0.2) is 9.97 Å². The summed E-state index contributed by atoms with van der Waals surface area (Å²) in [5, 5.41) is 0. The van der Waals surface area contributed by atoms with Crippen LogP contribution < -0.4 is 0 Å². The predicted molar refractivity (Wildman–Crippen MR) is 123 cm³/mol. The van der Waals surface area contributed by atoms with Crippen molar-refractivity contribution in [2.45, 2.75) is 37.5 Å². The number of pyridine rings is 2. The third kappa shape index (κ3) is 3.54. The van der Waals surface area contributed by atoms with E-state index in [1.54, 1.807) is 0 Å². The van der Waals surface area contributed by atoms with Crippen molar-refractivity contribution < 1.29 is 0 Å². The number of hydrogen-bond acceptors (Lipinski definition) is 2. The average molecular weight is 391 g/mol. The fourth-order valence-corrected chi connectivity index (χ4v) is 4.91. The van der Waals surface area contributed by atoms with Gasteiger partial charge < -0.3 is 0 Å². The molecule has 0 spiro atoms. The van der Waals surface area contributed by atoms with E-state index in [1.807, 2.05) is 36.8 Å². The Kier molecular flexibility index (Phi) is 5.15. The van der Waals surface area contributed by atoms with Crippen molar-refractivity contribution in [2.24, 2.45) is 0 Å². The molecule has 0 N–H and O–H groups in total. The highest BCUT2D eigenvalue weighted by Gasteiger charge is 2.35. The van der Waals surface area contributed by atoms with Gasteiger partial charge >= 0.3 is 0 Å². The molecule has 0 bridgehead atoms. The number of rotatable bonds is 4. The van der Waals surface area contributed by atoms with Crippen LogP contribution >= 0.6 is 0 Å². The first-order valence-corrected chi connectivity index (χ1v) is 10.9. The second-order valence-electron chi connectivity index (χ2n) is 8.25. The molecule has 4 aromatic rings. The van der Waals surface area contributed by atoms with Gasteiger partial charge in [-0.15, -0.1) is 0 Å². The van der Waals surface area contributed by atoms with Gasteiger partial charge in [-0.25, -0.2) is 0 Å². The molecular formula is C28H26N2. The zero-order valence-corrected chi connectivity index (χ0v) is 17.2. The molecule has 2 aromatic carbocycles. The molecule has 1 aliphatic rings. The second-order valence-corrected chi connectivity index (χ2v) is 8.25. The highest BCUT2D eigenvalue weighted by Crippen LogP contribution is 2.45. The third-order valence-electron chi connectivity index (χ3n) is 6.54. The summed E-state index contributed by atoms with van der Waals surface area (Å²) in [6, 6.07) is 28.5. The minimum absolute atomic E-state index is 0.106. The Morgan fingerprint density at radius 3 is 1.87 bits per heavy atom. The fourth-order valence-electron chi connectivity index (χ4n) is 4.91. The summed E-state index contributed by atoms with van der Waals surface area (Å²) in [4.78, 5) is 8.76. The third-order valence-corrected chi connectivity index (χ3v) is 6.54. The Labute approximate surface area is 178 Å². The Bertz CT molecular complexity index is 994. The monoisotopic (exact) mass is 390 g/mol. The van der Waals surface area contributed by atoms with Crippen LogP contribution in [0.5, 0.6) is 0 Å². The molecule has 0 saturated heterocycles. The molecule has 1 fully saturated rings. The van der Waals surface area contributed by atoms with E-state index in [0.717, 1.165) is 5.69 Å². The summed E-state index contributed by atoms with van der Waals surface area (Å²) in [6.07, 6.45) is 11.9. The van der Waals surface area contributed by atoms with Gasteiger partial charge in [0.05, 0.1) is 5.69 Å². The van der Waals surface area contributed by atoms with Gasteiger partial charge in [0.25, 0.3) is 0 Å². The van der Waals surface area contributed by atoms with Gasteiger partial charge in [-0.1, -0.05) is 79.9 Å². The smallest absolute Gasteiger partial charge is 0.0701 e. The van der Waals surface area contributed by atoms with Crippen LogP contribution in [0.1, 0.15) is 43.2 Å². The van der Waals surface area contributed by atoms with Gasteiger partial charge in [-0.05, 0) is 53.3 Å². The number of nitrogens with zero attached hydrogens (tertiary/aromatic N) is 2. The van der Waals surface area contributed by atoms with Crippen LogP contribution in [-0.2, 0) is 5.41 Å². The summed E-state index contributed by atoms with van der Waals surface area (Å²) in [7, 11) is 0. The minimum atomic E-state index is 0.106. The van der Waals surface area contributed by atoms with Crippen molar-refractivity contribution in [2.75, 3.05) is 0 Å². The summed E-state index contributed by atoms with van der Waals surface area (Å²) in [5.41, 5.74) is 7.56. The van der Waals surface area contributed by atoms with Crippen LogP contribution in [0.2, 0.25) is 0 Å². The van der Waals surface area contributed by atoms with Crippen molar-refractivity contribution in [1.29, 1.82) is 0 Å². The van der Waals surface area contributed by atoms with Crippen LogP contribution in [0.3, 0.4) is 0 Å². The van der Waals surface area contributed by atoms with Gasteiger partial charge in [0.1, 0.15) is 0 Å². The van der Waals surface area contributed by atoms with Gasteiger partial charge in [0.15, 0.2) is 0 Å². The van der Waals surface area contributed by atoms with E-state index in [9.17, 15) is 0 Å². The maximum atomic E-state index is 4.50. The Balaban J connectivity index is 1.51. The molecule has 0 aliphatic heterocycles. The average Bonchev–Trinajstić information content (AvgIpc) is 2.86. The lowest BCUT2D eigenvalue weighted by molar-refractivity contribution is 0.346. The molecule has 2 nitrogen and oxygen atoms in total. The van der Waals surface area contributed by atoms with E-state index >= 15 is 0 Å². The zero-order valence-electron chi connectivity index (χ0n) is 17.2. The predicted octanol–water partition coefficient (Wildman–Crippen LogP) is 7.06. The molecule has 0 atom stereocenters. The van der Waals surface area contributed by atoms with Gasteiger partial charge in [-0.3, -0.25) is 9.97 Å². The normalized spacial score (nSPS) is 15.6. The maximum absolute atomic E-state index is 4.50. The Hall–Kier alpha value is -3.26. The second kappa shape index (κ2) is 8.23. The van der Waals surface area contributed by atoms with E-state index in [1.165, 1.54) is 59.9 Å². The maximum Gasteiger partial charge on any atom is 0.0701 e. The number of benzene rings is 2. The molecular weight excluding hydrogens is 364 g/mol. The van der Waals surface area contributed by atoms with Crippen LogP contribution in [0.4, 0.5) is 0 Å². The molecule has 0 radical (unpaired) electrons. The topological polar surface area (TPSA) is 25.8 Å². The molecule has 1 aliphatic carbocycles. The lowest BCUT2D eigenvalue weighted by Gasteiger charge is -2.39. The van der Waals surface area contributed by atoms with Crippen LogP contribution in [0, 0.1) is 0 Å². The van der Waals surface area contributed by atoms with Crippen LogP contribution in [0.25, 0.3) is 22.4 Å². The van der Waals surface area contributed by atoms with Crippen molar-refractivity contribution in [3.8, 4) is 22.4 Å². The van der Waals surface area contributed by atoms with Crippen molar-refractivity contribution in [3.05, 3.63) is 109 Å². The summed E-state index contributed by atoms with van der Waals surface area (Å²) >= 11 is 0. The van der Waals surface area contributed by atoms with Gasteiger partial charge in [0, 0.05) is 29.6 Å². The summed E-state index contributed by atoms with van der Waals surface area (Å²) in [6.45, 7) is 0. The van der Waals surface area contributed by atoms with Crippen LogP contribution in [0.15, 0.2) is 97.5 Å². The molecule has 0 unspecified atom stereocenters. The molecule has 2 aromatic heterocycles.